The van der Waals surface area contributed by atoms with Crippen LogP contribution in [-0.4, -0.2) is 30.6 Å². The van der Waals surface area contributed by atoms with Crippen LogP contribution in [0.4, 0.5) is 15.9 Å². The Kier molecular flexibility index (Phi) is 5.25. The minimum absolute atomic E-state index is 0.0125. The van der Waals surface area contributed by atoms with Gasteiger partial charge in [-0.3, -0.25) is 14.5 Å². The first-order valence-electron chi connectivity index (χ1n) is 11.9. The zero-order chi connectivity index (χ0) is 25.8. The van der Waals surface area contributed by atoms with E-state index < -0.39 is 5.82 Å². The number of halogens is 1. The lowest BCUT2D eigenvalue weighted by molar-refractivity contribution is -0.117. The second-order valence-electron chi connectivity index (χ2n) is 9.51. The molecule has 4 aromatic heterocycles. The molecule has 1 aliphatic rings. The molecular weight excluding hydrogens is 473 g/mol. The molecule has 5 aromatic rings. The number of rotatable bonds is 5. The molecule has 1 aromatic carbocycles. The molecule has 3 N–H and O–H groups in total. The molecule has 1 fully saturated rings. The second-order valence-corrected chi connectivity index (χ2v) is 9.51. The average molecular weight is 498 g/mol. The van der Waals surface area contributed by atoms with E-state index >= 15 is 4.39 Å². The molecule has 3 atom stereocenters. The van der Waals surface area contributed by atoms with E-state index in [1.807, 2.05) is 20.2 Å². The SMILES string of the molecule is Cc1cc(-c2ncco2)ncc1-c1cc2cc(NC(=O)[C@H]3[C@H](C)[C@@H]3c3cnn(C)c3)ncc2c(N)c1F. The van der Waals surface area contributed by atoms with Crippen molar-refractivity contribution in [1.82, 2.24) is 24.7 Å². The topological polar surface area (TPSA) is 125 Å². The van der Waals surface area contributed by atoms with Gasteiger partial charge in [0.1, 0.15) is 17.8 Å². The first kappa shape index (κ1) is 22.8. The molecular formula is C27H24FN7O2. The van der Waals surface area contributed by atoms with Gasteiger partial charge in [-0.1, -0.05) is 6.92 Å². The van der Waals surface area contributed by atoms with E-state index in [-0.39, 0.29) is 29.3 Å². The van der Waals surface area contributed by atoms with Crippen LogP contribution in [-0.2, 0) is 11.8 Å². The van der Waals surface area contributed by atoms with Gasteiger partial charge in [-0.15, -0.1) is 0 Å². The van der Waals surface area contributed by atoms with Gasteiger partial charge in [-0.05, 0) is 47.6 Å². The summed E-state index contributed by atoms with van der Waals surface area (Å²) >= 11 is 0. The first-order chi connectivity index (χ1) is 17.8. The minimum atomic E-state index is -0.550. The number of benzene rings is 1. The van der Waals surface area contributed by atoms with Crippen LogP contribution in [0.2, 0.25) is 0 Å². The van der Waals surface area contributed by atoms with Gasteiger partial charge in [0.15, 0.2) is 5.82 Å². The fourth-order valence-corrected chi connectivity index (χ4v) is 5.06. The number of nitrogen functional groups attached to an aromatic ring is 1. The third-order valence-electron chi connectivity index (χ3n) is 7.09. The highest BCUT2D eigenvalue weighted by atomic mass is 19.1. The van der Waals surface area contributed by atoms with Crippen LogP contribution in [0, 0.1) is 24.6 Å². The number of nitrogens with one attached hydrogen (secondary N) is 1. The van der Waals surface area contributed by atoms with E-state index in [0.29, 0.717) is 39.3 Å². The quantitative estimate of drug-likeness (QED) is 0.337. The molecule has 0 unspecified atom stereocenters. The van der Waals surface area contributed by atoms with Crippen LogP contribution < -0.4 is 11.1 Å². The van der Waals surface area contributed by atoms with Gasteiger partial charge < -0.3 is 15.5 Å². The average Bonchev–Trinajstić information content (AvgIpc) is 3.23. The summed E-state index contributed by atoms with van der Waals surface area (Å²) in [6.45, 7) is 3.91. The van der Waals surface area contributed by atoms with Crippen molar-refractivity contribution in [3.8, 4) is 22.7 Å². The first-order valence-corrected chi connectivity index (χ1v) is 11.9. The van der Waals surface area contributed by atoms with E-state index in [1.165, 1.54) is 18.7 Å². The monoisotopic (exact) mass is 497 g/mol. The Balaban J connectivity index is 1.30. The lowest BCUT2D eigenvalue weighted by Crippen LogP contribution is -2.16. The molecule has 0 spiro atoms. The fourth-order valence-electron chi connectivity index (χ4n) is 5.06. The number of pyridine rings is 2. The largest absolute Gasteiger partial charge is 0.443 e. The van der Waals surface area contributed by atoms with Crippen molar-refractivity contribution in [2.75, 3.05) is 11.1 Å². The number of nitrogens with two attached hydrogens (primary N) is 1. The molecule has 186 valence electrons. The van der Waals surface area contributed by atoms with Gasteiger partial charge in [-0.25, -0.2) is 14.4 Å². The molecule has 4 heterocycles. The van der Waals surface area contributed by atoms with Crippen molar-refractivity contribution < 1.29 is 13.6 Å². The van der Waals surface area contributed by atoms with Gasteiger partial charge >= 0.3 is 0 Å². The Morgan fingerprint density at radius 3 is 2.68 bits per heavy atom. The van der Waals surface area contributed by atoms with Gasteiger partial charge in [0.25, 0.3) is 0 Å². The van der Waals surface area contributed by atoms with E-state index in [1.54, 1.807) is 35.3 Å². The summed E-state index contributed by atoms with van der Waals surface area (Å²) in [7, 11) is 1.86. The van der Waals surface area contributed by atoms with Crippen LogP contribution in [0.3, 0.4) is 0 Å². The van der Waals surface area contributed by atoms with Crippen molar-refractivity contribution in [1.29, 1.82) is 0 Å². The molecule has 1 amide bonds. The number of oxazole rings is 1. The van der Waals surface area contributed by atoms with Crippen LogP contribution >= 0.6 is 0 Å². The Morgan fingerprint density at radius 1 is 1.14 bits per heavy atom. The Hall–Kier alpha value is -4.60. The highest BCUT2D eigenvalue weighted by Crippen LogP contribution is 2.54. The summed E-state index contributed by atoms with van der Waals surface area (Å²) in [5.41, 5.74) is 9.44. The lowest BCUT2D eigenvalue weighted by Gasteiger charge is -2.13. The maximum Gasteiger partial charge on any atom is 0.244 e. The van der Waals surface area contributed by atoms with Crippen molar-refractivity contribution in [2.45, 2.75) is 19.8 Å². The molecule has 6 rings (SSSR count). The summed E-state index contributed by atoms with van der Waals surface area (Å²) in [6.07, 6.45) is 9.81. The predicted molar refractivity (Wildman–Crippen MR) is 137 cm³/mol. The molecule has 9 nitrogen and oxygen atoms in total. The molecule has 37 heavy (non-hydrogen) atoms. The number of aryl methyl sites for hydroxylation is 2. The molecule has 0 saturated heterocycles. The standard InChI is InChI=1S/C27H24FN7O2/c1-13-6-20(27-30-4-5-37-27)31-10-18(13)17-7-15-8-21(32-11-19(15)25(29)24(17)28)34-26(36)23-14(2)22(23)16-9-33-35(3)12-16/h4-12,14,22-23H,29H2,1-3H3,(H,32,34,36)/t14-,22-,23+/m1/s1. The van der Waals surface area contributed by atoms with Crippen LogP contribution in [0.1, 0.15) is 24.0 Å². The van der Waals surface area contributed by atoms with Crippen molar-refractivity contribution in [3.05, 3.63) is 72.4 Å². The van der Waals surface area contributed by atoms with Gasteiger partial charge in [0, 0.05) is 54.0 Å². The van der Waals surface area contributed by atoms with E-state index in [2.05, 4.69) is 32.3 Å². The Bertz CT molecular complexity index is 1660. The van der Waals surface area contributed by atoms with E-state index in [0.717, 1.165) is 11.1 Å². The van der Waals surface area contributed by atoms with Gasteiger partial charge in [0.05, 0.1) is 18.1 Å². The summed E-state index contributed by atoms with van der Waals surface area (Å²) in [4.78, 5) is 25.8. The molecule has 10 heteroatoms. The zero-order valence-corrected chi connectivity index (χ0v) is 20.4. The number of anilines is 2. The predicted octanol–water partition coefficient (Wildman–Crippen LogP) is 4.70. The number of amides is 1. The second kappa shape index (κ2) is 8.51. The third-order valence-corrected chi connectivity index (χ3v) is 7.09. The number of fused-ring (bicyclic) bond motifs is 1. The summed E-state index contributed by atoms with van der Waals surface area (Å²) in [6, 6.07) is 5.20. The van der Waals surface area contributed by atoms with Crippen LogP contribution in [0.25, 0.3) is 33.5 Å². The lowest BCUT2D eigenvalue weighted by atomic mass is 9.97. The number of carbonyl (C=O) groups excluding carboxylic acids is 1. The summed E-state index contributed by atoms with van der Waals surface area (Å²) in [5, 5.41) is 8.26. The van der Waals surface area contributed by atoms with Crippen molar-refractivity contribution in [2.24, 2.45) is 18.9 Å². The van der Waals surface area contributed by atoms with Gasteiger partial charge in [0.2, 0.25) is 11.8 Å². The van der Waals surface area contributed by atoms with Crippen molar-refractivity contribution >= 4 is 28.2 Å². The van der Waals surface area contributed by atoms with E-state index in [4.69, 9.17) is 10.2 Å². The van der Waals surface area contributed by atoms with E-state index in [9.17, 15) is 4.79 Å². The maximum absolute atomic E-state index is 15.4. The van der Waals surface area contributed by atoms with Gasteiger partial charge in [-0.2, -0.15) is 5.10 Å². The minimum Gasteiger partial charge on any atom is -0.443 e. The number of nitrogens with zero attached hydrogens (tertiary/aromatic N) is 5. The Labute approximate surface area is 211 Å². The summed E-state index contributed by atoms with van der Waals surface area (Å²) < 4.78 is 22.4. The normalized spacial score (nSPS) is 18.8. The molecule has 1 saturated carbocycles. The molecule has 0 bridgehead atoms. The summed E-state index contributed by atoms with van der Waals surface area (Å²) in [5.74, 6) is 0.280. The molecule has 1 aliphatic carbocycles. The zero-order valence-electron chi connectivity index (χ0n) is 20.4. The Morgan fingerprint density at radius 2 is 1.97 bits per heavy atom. The fraction of sp³-hybridized carbons (Fsp3) is 0.222. The number of hydrogen-bond acceptors (Lipinski definition) is 7. The van der Waals surface area contributed by atoms with Crippen molar-refractivity contribution in [3.63, 3.8) is 0 Å². The maximum atomic E-state index is 15.4. The number of carbonyl (C=O) groups is 1. The highest BCUT2D eigenvalue weighted by Gasteiger charge is 2.52. The van der Waals surface area contributed by atoms with Crippen LogP contribution in [0.15, 0.2) is 59.9 Å². The third kappa shape index (κ3) is 3.90. The highest BCUT2D eigenvalue weighted by molar-refractivity contribution is 6.01. The number of aromatic nitrogens is 5. The number of hydrogen-bond donors (Lipinski definition) is 2. The van der Waals surface area contributed by atoms with Crippen LogP contribution in [0.5, 0.6) is 0 Å². The molecule has 0 aliphatic heterocycles. The molecule has 0 radical (unpaired) electrons. The smallest absolute Gasteiger partial charge is 0.244 e.